The van der Waals surface area contributed by atoms with Crippen molar-refractivity contribution in [2.75, 3.05) is 7.05 Å². The van der Waals surface area contributed by atoms with Crippen LogP contribution >= 0.6 is 0 Å². The number of carbonyl (C=O) groups is 3. The maximum absolute atomic E-state index is 12.2. The number of benzene rings is 1. The number of imide groups is 1. The fourth-order valence-electron chi connectivity index (χ4n) is 3.21. The van der Waals surface area contributed by atoms with Gasteiger partial charge >= 0.3 is 0 Å². The summed E-state index contributed by atoms with van der Waals surface area (Å²) >= 11 is 0. The molecule has 1 aromatic carbocycles. The van der Waals surface area contributed by atoms with Gasteiger partial charge in [-0.1, -0.05) is 42.5 Å². The zero-order valence-electron chi connectivity index (χ0n) is 12.4. The molecule has 114 valence electrons. The highest BCUT2D eigenvalue weighted by atomic mass is 16.2. The van der Waals surface area contributed by atoms with Crippen molar-refractivity contribution in [2.45, 2.75) is 18.9 Å². The summed E-state index contributed by atoms with van der Waals surface area (Å²) in [6.45, 7) is 0. The van der Waals surface area contributed by atoms with E-state index in [2.05, 4.69) is 5.32 Å². The summed E-state index contributed by atoms with van der Waals surface area (Å²) in [5, 5.41) is 2.88. The molecule has 0 radical (unpaired) electrons. The average Bonchev–Trinajstić information content (AvgIpc) is 2.74. The Labute approximate surface area is 129 Å². The number of carbonyl (C=O) groups excluding carboxylic acids is 3. The maximum Gasteiger partial charge on any atom is 0.235 e. The number of likely N-dealkylation sites (tertiary alicyclic amines) is 1. The highest BCUT2D eigenvalue weighted by Gasteiger charge is 2.49. The van der Waals surface area contributed by atoms with E-state index in [4.69, 9.17) is 0 Å². The summed E-state index contributed by atoms with van der Waals surface area (Å²) in [5.41, 5.74) is 0.919. The number of amides is 3. The molecule has 5 heteroatoms. The quantitative estimate of drug-likeness (QED) is 0.666. The van der Waals surface area contributed by atoms with Crippen LogP contribution in [-0.2, 0) is 20.8 Å². The predicted octanol–water partition coefficient (Wildman–Crippen LogP) is 0.905. The first-order chi connectivity index (χ1) is 10.6. The molecule has 1 aliphatic heterocycles. The molecule has 5 nitrogen and oxygen atoms in total. The number of hydrogen-bond donors (Lipinski definition) is 1. The van der Waals surface area contributed by atoms with Gasteiger partial charge in [-0.25, -0.2) is 0 Å². The summed E-state index contributed by atoms with van der Waals surface area (Å²) in [6.07, 6.45) is 4.53. The summed E-state index contributed by atoms with van der Waals surface area (Å²) < 4.78 is 0. The molecule has 3 amide bonds. The average molecular weight is 298 g/mol. The van der Waals surface area contributed by atoms with Crippen LogP contribution in [0.25, 0.3) is 0 Å². The van der Waals surface area contributed by atoms with E-state index in [1.807, 2.05) is 42.5 Å². The normalized spacial score (nSPS) is 27.0. The Bertz CT molecular complexity index is 639. The van der Waals surface area contributed by atoms with Crippen molar-refractivity contribution in [3.8, 4) is 0 Å². The molecular weight excluding hydrogens is 280 g/mol. The Balaban J connectivity index is 1.71. The van der Waals surface area contributed by atoms with Gasteiger partial charge in [0.05, 0.1) is 24.3 Å². The number of rotatable bonds is 3. The van der Waals surface area contributed by atoms with Crippen molar-refractivity contribution < 1.29 is 14.4 Å². The lowest BCUT2D eigenvalue weighted by atomic mass is 9.81. The molecule has 0 aromatic heterocycles. The molecule has 1 aromatic rings. The molecule has 1 heterocycles. The first kappa shape index (κ1) is 14.5. The van der Waals surface area contributed by atoms with E-state index in [0.717, 1.165) is 5.56 Å². The Hall–Kier alpha value is -2.43. The van der Waals surface area contributed by atoms with Gasteiger partial charge in [0.1, 0.15) is 0 Å². The van der Waals surface area contributed by atoms with Crippen molar-refractivity contribution >= 4 is 17.7 Å². The fraction of sp³-hybridized carbons (Fsp3) is 0.353. The number of nitrogens with one attached hydrogen (secondary N) is 1. The largest absolute Gasteiger partial charge is 0.349 e. The third-order valence-corrected chi connectivity index (χ3v) is 4.35. The van der Waals surface area contributed by atoms with Crippen LogP contribution in [0.2, 0.25) is 0 Å². The SMILES string of the molecule is CN1C(=O)[C@H]2CC=CC(NC(=O)Cc3ccccc3)[C@H]2C1=O. The first-order valence-corrected chi connectivity index (χ1v) is 7.39. The predicted molar refractivity (Wildman–Crippen MR) is 80.6 cm³/mol. The summed E-state index contributed by atoms with van der Waals surface area (Å²) in [4.78, 5) is 37.6. The molecule has 3 rings (SSSR count). The van der Waals surface area contributed by atoms with Crippen molar-refractivity contribution in [1.29, 1.82) is 0 Å². The smallest absolute Gasteiger partial charge is 0.235 e. The van der Waals surface area contributed by atoms with Crippen LogP contribution in [-0.4, -0.2) is 35.7 Å². The molecule has 3 atom stereocenters. The van der Waals surface area contributed by atoms with Crippen molar-refractivity contribution in [3.05, 3.63) is 48.0 Å². The molecule has 2 aliphatic rings. The summed E-state index contributed by atoms with van der Waals surface area (Å²) in [6, 6.07) is 9.03. The highest BCUT2D eigenvalue weighted by Crippen LogP contribution is 2.34. The van der Waals surface area contributed by atoms with Crippen LogP contribution in [0.15, 0.2) is 42.5 Å². The lowest BCUT2D eigenvalue weighted by Gasteiger charge is -2.27. The summed E-state index contributed by atoms with van der Waals surface area (Å²) in [7, 11) is 1.51. The standard InChI is InChI=1S/C17H18N2O3/c1-19-16(21)12-8-5-9-13(15(12)17(19)22)18-14(20)10-11-6-3-2-4-7-11/h2-7,9,12-13,15H,8,10H2,1H3,(H,18,20)/t12-,13?,15-/m0/s1. The molecular formula is C17H18N2O3. The van der Waals surface area contributed by atoms with Crippen LogP contribution in [0.3, 0.4) is 0 Å². The van der Waals surface area contributed by atoms with E-state index in [1.54, 1.807) is 0 Å². The monoisotopic (exact) mass is 298 g/mol. The van der Waals surface area contributed by atoms with Crippen molar-refractivity contribution in [3.63, 3.8) is 0 Å². The number of fused-ring (bicyclic) bond motifs is 1. The van der Waals surface area contributed by atoms with E-state index in [1.165, 1.54) is 11.9 Å². The molecule has 1 unspecified atom stereocenters. The molecule has 1 saturated heterocycles. The zero-order chi connectivity index (χ0) is 15.7. The Morgan fingerprint density at radius 3 is 2.68 bits per heavy atom. The highest BCUT2D eigenvalue weighted by molar-refractivity contribution is 6.05. The lowest BCUT2D eigenvalue weighted by Crippen LogP contribution is -2.45. The fourth-order valence-corrected chi connectivity index (χ4v) is 3.21. The second-order valence-electron chi connectivity index (χ2n) is 5.79. The molecule has 0 saturated carbocycles. The van der Waals surface area contributed by atoms with Crippen LogP contribution in [0, 0.1) is 11.8 Å². The van der Waals surface area contributed by atoms with Crippen LogP contribution < -0.4 is 5.32 Å². The Kier molecular flexibility index (Phi) is 3.79. The van der Waals surface area contributed by atoms with E-state index in [-0.39, 0.29) is 30.1 Å². The van der Waals surface area contributed by atoms with Gasteiger partial charge in [0.25, 0.3) is 0 Å². The van der Waals surface area contributed by atoms with Gasteiger partial charge < -0.3 is 5.32 Å². The molecule has 1 aliphatic carbocycles. The minimum atomic E-state index is -0.470. The van der Waals surface area contributed by atoms with Crippen molar-refractivity contribution in [1.82, 2.24) is 10.2 Å². The van der Waals surface area contributed by atoms with Gasteiger partial charge in [0.15, 0.2) is 0 Å². The third-order valence-electron chi connectivity index (χ3n) is 4.35. The van der Waals surface area contributed by atoms with Crippen LogP contribution in [0.4, 0.5) is 0 Å². The lowest BCUT2D eigenvalue weighted by molar-refractivity contribution is -0.138. The van der Waals surface area contributed by atoms with Crippen LogP contribution in [0.5, 0.6) is 0 Å². The first-order valence-electron chi connectivity index (χ1n) is 7.39. The summed E-state index contributed by atoms with van der Waals surface area (Å²) in [5.74, 6) is -1.31. The minimum Gasteiger partial charge on any atom is -0.349 e. The molecule has 22 heavy (non-hydrogen) atoms. The van der Waals surface area contributed by atoms with Gasteiger partial charge in [0, 0.05) is 7.05 Å². The topological polar surface area (TPSA) is 66.5 Å². The van der Waals surface area contributed by atoms with E-state index >= 15 is 0 Å². The number of allylic oxidation sites excluding steroid dienone is 1. The maximum atomic E-state index is 12.2. The van der Waals surface area contributed by atoms with Gasteiger partial charge in [-0.2, -0.15) is 0 Å². The van der Waals surface area contributed by atoms with Gasteiger partial charge in [-0.3, -0.25) is 19.3 Å². The minimum absolute atomic E-state index is 0.142. The second-order valence-corrected chi connectivity index (χ2v) is 5.79. The molecule has 1 fully saturated rings. The van der Waals surface area contributed by atoms with Gasteiger partial charge in [-0.15, -0.1) is 0 Å². The van der Waals surface area contributed by atoms with Crippen molar-refractivity contribution in [2.24, 2.45) is 11.8 Å². The Morgan fingerprint density at radius 1 is 1.23 bits per heavy atom. The zero-order valence-corrected chi connectivity index (χ0v) is 12.4. The van der Waals surface area contributed by atoms with E-state index < -0.39 is 12.0 Å². The van der Waals surface area contributed by atoms with E-state index in [0.29, 0.717) is 6.42 Å². The Morgan fingerprint density at radius 2 is 1.95 bits per heavy atom. The second kappa shape index (κ2) is 5.75. The molecule has 1 N–H and O–H groups in total. The third kappa shape index (κ3) is 2.54. The van der Waals surface area contributed by atoms with Gasteiger partial charge in [0.2, 0.25) is 17.7 Å². The number of hydrogen-bond acceptors (Lipinski definition) is 3. The van der Waals surface area contributed by atoms with Gasteiger partial charge in [-0.05, 0) is 12.0 Å². The van der Waals surface area contributed by atoms with Crippen LogP contribution in [0.1, 0.15) is 12.0 Å². The number of nitrogens with zero attached hydrogens (tertiary/aromatic N) is 1. The van der Waals surface area contributed by atoms with E-state index in [9.17, 15) is 14.4 Å². The molecule has 0 bridgehead atoms. The molecule has 0 spiro atoms.